The minimum Gasteiger partial charge on any atom is -0.385 e. The molecule has 0 aromatic heterocycles. The second-order valence-electron chi connectivity index (χ2n) is 5.18. The van der Waals surface area contributed by atoms with Gasteiger partial charge in [-0.15, -0.1) is 0 Å². The zero-order valence-corrected chi connectivity index (χ0v) is 12.1. The summed E-state index contributed by atoms with van der Waals surface area (Å²) in [6.07, 6.45) is 1.14. The molecule has 1 aliphatic heterocycles. The molecule has 19 heavy (non-hydrogen) atoms. The minimum atomic E-state index is -0.197. The van der Waals surface area contributed by atoms with Gasteiger partial charge in [0.2, 0.25) is 11.8 Å². The van der Waals surface area contributed by atoms with Crippen LogP contribution in [0.4, 0.5) is 0 Å². The highest BCUT2D eigenvalue weighted by Gasteiger charge is 2.33. The van der Waals surface area contributed by atoms with Crippen molar-refractivity contribution in [3.05, 3.63) is 0 Å². The van der Waals surface area contributed by atoms with Gasteiger partial charge in [0.25, 0.3) is 0 Å². The summed E-state index contributed by atoms with van der Waals surface area (Å²) >= 11 is 0. The van der Waals surface area contributed by atoms with E-state index >= 15 is 0 Å². The molecule has 110 valence electrons. The second kappa shape index (κ2) is 8.12. The molecule has 0 bridgehead atoms. The van der Waals surface area contributed by atoms with E-state index in [9.17, 15) is 9.59 Å². The molecule has 1 saturated heterocycles. The van der Waals surface area contributed by atoms with E-state index in [2.05, 4.69) is 5.32 Å². The van der Waals surface area contributed by atoms with Crippen LogP contribution in [0.15, 0.2) is 0 Å². The second-order valence-corrected chi connectivity index (χ2v) is 5.18. The minimum absolute atomic E-state index is 0.0168. The highest BCUT2D eigenvalue weighted by Crippen LogP contribution is 2.17. The lowest BCUT2D eigenvalue weighted by molar-refractivity contribution is -0.129. The molecule has 0 radical (unpaired) electrons. The van der Waals surface area contributed by atoms with Crippen LogP contribution < -0.4 is 5.32 Å². The number of carbonyl (C=O) groups is 2. The molecule has 0 aliphatic carbocycles. The van der Waals surface area contributed by atoms with Gasteiger partial charge in [-0.25, -0.2) is 0 Å². The molecule has 6 nitrogen and oxygen atoms in total. The highest BCUT2D eigenvalue weighted by molar-refractivity contribution is 5.89. The van der Waals surface area contributed by atoms with Crippen LogP contribution in [0.1, 0.15) is 12.8 Å². The lowest BCUT2D eigenvalue weighted by atomic mass is 10.1. The molecule has 0 spiro atoms. The molecule has 1 heterocycles. The summed E-state index contributed by atoms with van der Waals surface area (Å²) in [6, 6.07) is 0. The number of ether oxygens (including phenoxy) is 1. The van der Waals surface area contributed by atoms with E-state index < -0.39 is 0 Å². The van der Waals surface area contributed by atoms with E-state index in [1.807, 2.05) is 19.0 Å². The molecular formula is C13H25N3O3. The van der Waals surface area contributed by atoms with Crippen molar-refractivity contribution in [2.45, 2.75) is 12.8 Å². The Kier molecular flexibility index (Phi) is 6.80. The number of methoxy groups -OCH3 is 1. The van der Waals surface area contributed by atoms with E-state index in [1.54, 1.807) is 12.0 Å². The Balaban J connectivity index is 2.28. The predicted octanol–water partition coefficient (Wildman–Crippen LogP) is -0.451. The van der Waals surface area contributed by atoms with Crippen LogP contribution in [0.3, 0.4) is 0 Å². The van der Waals surface area contributed by atoms with Crippen molar-refractivity contribution in [3.8, 4) is 0 Å². The maximum Gasteiger partial charge on any atom is 0.225 e. The monoisotopic (exact) mass is 271 g/mol. The number of rotatable bonds is 8. The maximum absolute atomic E-state index is 11.9. The fourth-order valence-corrected chi connectivity index (χ4v) is 2.06. The molecule has 0 aromatic carbocycles. The Bertz CT molecular complexity index is 308. The van der Waals surface area contributed by atoms with Crippen molar-refractivity contribution in [1.82, 2.24) is 15.1 Å². The number of hydrogen-bond donors (Lipinski definition) is 1. The number of carbonyl (C=O) groups excluding carboxylic acids is 2. The Hall–Kier alpha value is -1.14. The standard InChI is InChI=1S/C13H25N3O3/c1-15(2)6-7-16-10-11(9-12(16)17)13(18)14-5-4-8-19-3/h11H,4-10H2,1-3H3,(H,14,18). The van der Waals surface area contributed by atoms with Crippen LogP contribution in [0.5, 0.6) is 0 Å². The first-order chi connectivity index (χ1) is 9.04. The summed E-state index contributed by atoms with van der Waals surface area (Å²) in [5.41, 5.74) is 0. The van der Waals surface area contributed by atoms with E-state index in [1.165, 1.54) is 0 Å². The Labute approximate surface area is 115 Å². The van der Waals surface area contributed by atoms with Crippen molar-refractivity contribution >= 4 is 11.8 Å². The van der Waals surface area contributed by atoms with Gasteiger partial charge in [-0.05, 0) is 20.5 Å². The predicted molar refractivity (Wildman–Crippen MR) is 72.7 cm³/mol. The Morgan fingerprint density at radius 2 is 2.26 bits per heavy atom. The SMILES string of the molecule is COCCCNC(=O)C1CC(=O)N(CCN(C)C)C1. The first-order valence-corrected chi connectivity index (χ1v) is 6.73. The Morgan fingerprint density at radius 3 is 2.89 bits per heavy atom. The van der Waals surface area contributed by atoms with E-state index in [0.717, 1.165) is 13.0 Å². The summed E-state index contributed by atoms with van der Waals surface area (Å²) in [4.78, 5) is 27.5. The molecule has 1 rings (SSSR count). The van der Waals surface area contributed by atoms with Gasteiger partial charge in [-0.1, -0.05) is 0 Å². The van der Waals surface area contributed by atoms with Crippen LogP contribution in [0.2, 0.25) is 0 Å². The Morgan fingerprint density at radius 1 is 1.53 bits per heavy atom. The van der Waals surface area contributed by atoms with Gasteiger partial charge in [-0.2, -0.15) is 0 Å². The highest BCUT2D eigenvalue weighted by atomic mass is 16.5. The van der Waals surface area contributed by atoms with Crippen LogP contribution >= 0.6 is 0 Å². The molecular weight excluding hydrogens is 246 g/mol. The molecule has 0 saturated carbocycles. The molecule has 2 amide bonds. The summed E-state index contributed by atoms with van der Waals surface area (Å²) < 4.78 is 4.92. The van der Waals surface area contributed by atoms with Crippen LogP contribution in [0, 0.1) is 5.92 Å². The molecule has 1 fully saturated rings. The summed E-state index contributed by atoms with van der Waals surface area (Å²) in [5, 5.41) is 2.86. The van der Waals surface area contributed by atoms with Crippen molar-refractivity contribution in [3.63, 3.8) is 0 Å². The van der Waals surface area contributed by atoms with Crippen molar-refractivity contribution in [1.29, 1.82) is 0 Å². The zero-order valence-electron chi connectivity index (χ0n) is 12.1. The topological polar surface area (TPSA) is 61.9 Å². The average Bonchev–Trinajstić information content (AvgIpc) is 2.73. The van der Waals surface area contributed by atoms with Crippen LogP contribution in [-0.2, 0) is 14.3 Å². The van der Waals surface area contributed by atoms with Crippen molar-refractivity contribution in [2.24, 2.45) is 5.92 Å². The number of likely N-dealkylation sites (N-methyl/N-ethyl adjacent to an activating group) is 1. The van der Waals surface area contributed by atoms with E-state index in [0.29, 0.717) is 32.7 Å². The number of hydrogen-bond acceptors (Lipinski definition) is 4. The average molecular weight is 271 g/mol. The zero-order chi connectivity index (χ0) is 14.3. The van der Waals surface area contributed by atoms with Crippen molar-refractivity contribution in [2.75, 3.05) is 54.0 Å². The lowest BCUT2D eigenvalue weighted by Crippen LogP contribution is -2.36. The summed E-state index contributed by atoms with van der Waals surface area (Å²) in [5.74, 6) is -0.132. The molecule has 1 unspecified atom stereocenters. The lowest BCUT2D eigenvalue weighted by Gasteiger charge is -2.19. The first-order valence-electron chi connectivity index (χ1n) is 6.73. The molecule has 0 aromatic rings. The van der Waals surface area contributed by atoms with Gasteiger partial charge >= 0.3 is 0 Å². The van der Waals surface area contributed by atoms with Gasteiger partial charge < -0.3 is 19.9 Å². The van der Waals surface area contributed by atoms with Crippen LogP contribution in [0.25, 0.3) is 0 Å². The van der Waals surface area contributed by atoms with Gasteiger partial charge in [0, 0.05) is 46.3 Å². The van der Waals surface area contributed by atoms with Crippen LogP contribution in [-0.4, -0.2) is 75.6 Å². The molecule has 6 heteroatoms. The van der Waals surface area contributed by atoms with Gasteiger partial charge in [-0.3, -0.25) is 9.59 Å². The normalized spacial score (nSPS) is 19.3. The number of likely N-dealkylation sites (tertiary alicyclic amines) is 1. The molecule has 1 N–H and O–H groups in total. The van der Waals surface area contributed by atoms with E-state index in [-0.39, 0.29) is 17.7 Å². The molecule has 1 atom stereocenters. The first kappa shape index (κ1) is 15.9. The number of nitrogens with one attached hydrogen (secondary N) is 1. The largest absolute Gasteiger partial charge is 0.385 e. The summed E-state index contributed by atoms with van der Waals surface area (Å²) in [6.45, 7) is 3.31. The third-order valence-corrected chi connectivity index (χ3v) is 3.23. The van der Waals surface area contributed by atoms with Gasteiger partial charge in [0.05, 0.1) is 5.92 Å². The number of nitrogens with zero attached hydrogens (tertiary/aromatic N) is 2. The quantitative estimate of drug-likeness (QED) is 0.607. The fraction of sp³-hybridized carbons (Fsp3) is 0.846. The van der Waals surface area contributed by atoms with Gasteiger partial charge in [0.1, 0.15) is 0 Å². The van der Waals surface area contributed by atoms with Crippen molar-refractivity contribution < 1.29 is 14.3 Å². The third kappa shape index (κ3) is 5.57. The maximum atomic E-state index is 11.9. The summed E-state index contributed by atoms with van der Waals surface area (Å²) in [7, 11) is 5.58. The van der Waals surface area contributed by atoms with E-state index in [4.69, 9.17) is 4.74 Å². The molecule has 1 aliphatic rings. The number of amides is 2. The third-order valence-electron chi connectivity index (χ3n) is 3.23. The van der Waals surface area contributed by atoms with Gasteiger partial charge in [0.15, 0.2) is 0 Å². The smallest absolute Gasteiger partial charge is 0.225 e. The fourth-order valence-electron chi connectivity index (χ4n) is 2.06.